The van der Waals surface area contributed by atoms with E-state index in [1.54, 1.807) is 0 Å². The van der Waals surface area contributed by atoms with Crippen LogP contribution in [-0.2, 0) is 5.41 Å². The van der Waals surface area contributed by atoms with Gasteiger partial charge < -0.3 is 15.0 Å². The van der Waals surface area contributed by atoms with Crippen molar-refractivity contribution in [2.75, 3.05) is 16.8 Å². The Bertz CT molecular complexity index is 1880. The second-order valence-electron chi connectivity index (χ2n) is 12.2. The van der Waals surface area contributed by atoms with Crippen LogP contribution in [0.25, 0.3) is 5.69 Å². The number of ether oxygens (including phenoxy) is 1. The Morgan fingerprint density at radius 1 is 0.818 bits per heavy atom. The van der Waals surface area contributed by atoms with E-state index in [0.29, 0.717) is 12.4 Å². The van der Waals surface area contributed by atoms with Crippen molar-refractivity contribution >= 4 is 34.6 Å². The molecule has 220 valence electrons. The van der Waals surface area contributed by atoms with E-state index in [1.807, 2.05) is 60.1 Å². The van der Waals surface area contributed by atoms with Gasteiger partial charge in [0.05, 0.1) is 35.4 Å². The first kappa shape index (κ1) is 27.7. The molecular weight excluding hydrogens is 544 g/mol. The summed E-state index contributed by atoms with van der Waals surface area (Å²) in [5.74, 6) is 3.06. The lowest BCUT2D eigenvalue weighted by molar-refractivity contribution is 0.340. The van der Waals surface area contributed by atoms with Crippen molar-refractivity contribution in [3.05, 3.63) is 126 Å². The van der Waals surface area contributed by atoms with E-state index in [0.717, 1.165) is 51.4 Å². The lowest BCUT2D eigenvalue weighted by Gasteiger charge is -2.40. The summed E-state index contributed by atoms with van der Waals surface area (Å²) >= 11 is 0. The topological polar surface area (TPSA) is 67.0 Å². The van der Waals surface area contributed by atoms with E-state index in [9.17, 15) is 0 Å². The third-order valence-corrected chi connectivity index (χ3v) is 8.16. The molecule has 1 unspecified atom stereocenters. The molecule has 7 heteroatoms. The van der Waals surface area contributed by atoms with Crippen molar-refractivity contribution in [2.24, 2.45) is 9.98 Å². The largest absolute Gasteiger partial charge is 0.494 e. The molecule has 0 saturated heterocycles. The first-order valence-corrected chi connectivity index (χ1v) is 15.1. The van der Waals surface area contributed by atoms with Crippen molar-refractivity contribution in [2.45, 2.75) is 46.1 Å². The zero-order valence-electron chi connectivity index (χ0n) is 25.7. The van der Waals surface area contributed by atoms with E-state index >= 15 is 0 Å². The van der Waals surface area contributed by atoms with Crippen LogP contribution in [0.3, 0.4) is 0 Å². The Hall–Kier alpha value is -5.17. The van der Waals surface area contributed by atoms with E-state index in [4.69, 9.17) is 19.8 Å². The van der Waals surface area contributed by atoms with Crippen LogP contribution in [0.2, 0.25) is 0 Å². The molecule has 0 saturated carbocycles. The third kappa shape index (κ3) is 4.84. The molecule has 44 heavy (non-hydrogen) atoms. The maximum atomic E-state index is 5.67. The molecule has 7 nitrogen and oxygen atoms in total. The van der Waals surface area contributed by atoms with E-state index in [1.165, 1.54) is 11.1 Å². The first-order valence-electron chi connectivity index (χ1n) is 15.1. The van der Waals surface area contributed by atoms with Gasteiger partial charge >= 0.3 is 0 Å². The van der Waals surface area contributed by atoms with Crippen LogP contribution in [0.5, 0.6) is 5.75 Å². The highest BCUT2D eigenvalue weighted by molar-refractivity contribution is 6.51. The molecule has 0 bridgehead atoms. The minimum absolute atomic E-state index is 0.0518. The number of hydrogen-bond donors (Lipinski definition) is 1. The van der Waals surface area contributed by atoms with Gasteiger partial charge in [0.2, 0.25) is 0 Å². The molecule has 0 fully saturated rings. The van der Waals surface area contributed by atoms with Crippen molar-refractivity contribution in [1.29, 1.82) is 0 Å². The molecule has 5 aromatic rings. The van der Waals surface area contributed by atoms with Gasteiger partial charge in [-0.3, -0.25) is 0 Å². The van der Waals surface area contributed by atoms with Gasteiger partial charge in [0.1, 0.15) is 5.75 Å². The SMILES string of the molecule is CCOc1ccc(NC2=Nc3ccccc3N3C2=Nc2c(c(C)nn2-c2ccccc2)C3c2ccc(C(C)(C)C)cc2)cc1. The number of aliphatic imine (C=N–C) groups is 2. The number of para-hydroxylation sites is 3. The number of aromatic nitrogens is 2. The molecule has 1 atom stereocenters. The molecule has 2 aliphatic heterocycles. The number of anilines is 2. The van der Waals surface area contributed by atoms with Gasteiger partial charge in [-0.25, -0.2) is 14.7 Å². The Morgan fingerprint density at radius 2 is 1.52 bits per heavy atom. The zero-order valence-corrected chi connectivity index (χ0v) is 25.7. The molecule has 2 aliphatic rings. The minimum atomic E-state index is -0.169. The van der Waals surface area contributed by atoms with Gasteiger partial charge in [-0.2, -0.15) is 5.10 Å². The standard InChI is InChI=1S/C37H36N6O/c1-6-44-29-22-20-27(21-23-29)38-34-36-40-35-32(24(2)41-43(35)28-12-8-7-9-13-28)33(25-16-18-26(19-17-25)37(3,4)5)42(36)31-15-11-10-14-30(31)39-34/h7-23,33H,6H2,1-5H3,(H,38,39). The average molecular weight is 581 g/mol. The second-order valence-corrected chi connectivity index (χ2v) is 12.2. The van der Waals surface area contributed by atoms with Crippen molar-refractivity contribution in [1.82, 2.24) is 9.78 Å². The van der Waals surface area contributed by atoms with Gasteiger partial charge in [0, 0.05) is 11.3 Å². The number of benzene rings is 4. The van der Waals surface area contributed by atoms with Gasteiger partial charge in [0.15, 0.2) is 17.5 Å². The van der Waals surface area contributed by atoms with Crippen LogP contribution in [0.4, 0.5) is 22.9 Å². The summed E-state index contributed by atoms with van der Waals surface area (Å²) in [6.45, 7) is 11.4. The predicted molar refractivity (Wildman–Crippen MR) is 180 cm³/mol. The number of amidine groups is 2. The van der Waals surface area contributed by atoms with Crippen LogP contribution in [-0.4, -0.2) is 28.1 Å². The first-order chi connectivity index (χ1) is 21.3. The Balaban J connectivity index is 1.43. The molecular formula is C37H36N6O. The van der Waals surface area contributed by atoms with Gasteiger partial charge in [-0.15, -0.1) is 0 Å². The van der Waals surface area contributed by atoms with Gasteiger partial charge in [-0.1, -0.05) is 75.4 Å². The Kier molecular flexibility index (Phi) is 6.81. The molecule has 7 rings (SSSR count). The number of nitrogens with zero attached hydrogens (tertiary/aromatic N) is 5. The number of hydrogen-bond acceptors (Lipinski definition) is 6. The van der Waals surface area contributed by atoms with Crippen molar-refractivity contribution in [3.63, 3.8) is 0 Å². The van der Waals surface area contributed by atoms with Gasteiger partial charge in [-0.05, 0) is 78.9 Å². The maximum Gasteiger partial charge on any atom is 0.179 e. The van der Waals surface area contributed by atoms with Crippen LogP contribution < -0.4 is 15.0 Å². The normalized spacial score (nSPS) is 15.5. The van der Waals surface area contributed by atoms with Gasteiger partial charge in [0.25, 0.3) is 0 Å². The fraction of sp³-hybridized carbons (Fsp3) is 0.216. The molecule has 4 aromatic carbocycles. The minimum Gasteiger partial charge on any atom is -0.494 e. The Morgan fingerprint density at radius 3 is 2.23 bits per heavy atom. The summed E-state index contributed by atoms with van der Waals surface area (Å²) in [6, 6.07) is 35.3. The molecule has 0 spiro atoms. The average Bonchev–Trinajstić information content (AvgIpc) is 3.37. The number of nitrogens with one attached hydrogen (secondary N) is 1. The second kappa shape index (κ2) is 10.8. The molecule has 1 N–H and O–H groups in total. The van der Waals surface area contributed by atoms with Crippen molar-refractivity contribution < 1.29 is 4.74 Å². The van der Waals surface area contributed by atoms with E-state index in [-0.39, 0.29) is 11.5 Å². The Labute approximate surface area is 258 Å². The van der Waals surface area contributed by atoms with Crippen LogP contribution in [0.15, 0.2) is 113 Å². The molecule has 1 aromatic heterocycles. The highest BCUT2D eigenvalue weighted by atomic mass is 16.5. The zero-order chi connectivity index (χ0) is 30.4. The summed E-state index contributed by atoms with van der Waals surface area (Å²) in [5.41, 5.74) is 8.29. The van der Waals surface area contributed by atoms with Crippen LogP contribution >= 0.6 is 0 Å². The van der Waals surface area contributed by atoms with E-state index in [2.05, 4.69) is 92.5 Å². The van der Waals surface area contributed by atoms with Crippen LogP contribution in [0, 0.1) is 6.92 Å². The third-order valence-electron chi connectivity index (χ3n) is 8.16. The fourth-order valence-electron chi connectivity index (χ4n) is 5.97. The van der Waals surface area contributed by atoms with Crippen molar-refractivity contribution in [3.8, 4) is 11.4 Å². The highest BCUT2D eigenvalue weighted by Crippen LogP contribution is 2.48. The number of rotatable bonds is 5. The molecule has 0 amide bonds. The molecule has 3 heterocycles. The smallest absolute Gasteiger partial charge is 0.179 e. The number of fused-ring (bicyclic) bond motifs is 4. The summed E-state index contributed by atoms with van der Waals surface area (Å²) < 4.78 is 7.63. The summed E-state index contributed by atoms with van der Waals surface area (Å²) in [4.78, 5) is 12.8. The lowest BCUT2D eigenvalue weighted by Crippen LogP contribution is -2.46. The molecule has 0 radical (unpaired) electrons. The maximum absolute atomic E-state index is 5.67. The fourth-order valence-corrected chi connectivity index (χ4v) is 5.97. The summed E-state index contributed by atoms with van der Waals surface area (Å²) in [5, 5.41) is 8.63. The number of aryl methyl sites for hydroxylation is 1. The lowest BCUT2D eigenvalue weighted by atomic mass is 9.85. The highest BCUT2D eigenvalue weighted by Gasteiger charge is 2.41. The summed E-state index contributed by atoms with van der Waals surface area (Å²) in [7, 11) is 0. The quantitative estimate of drug-likeness (QED) is 0.226. The molecule has 0 aliphatic carbocycles. The van der Waals surface area contributed by atoms with Crippen LogP contribution in [0.1, 0.15) is 56.1 Å². The monoisotopic (exact) mass is 580 g/mol. The summed E-state index contributed by atoms with van der Waals surface area (Å²) in [6.07, 6.45) is 0. The van der Waals surface area contributed by atoms with E-state index < -0.39 is 0 Å². The predicted octanol–water partition coefficient (Wildman–Crippen LogP) is 8.67.